The van der Waals surface area contributed by atoms with E-state index in [-0.39, 0.29) is 6.04 Å². The van der Waals surface area contributed by atoms with Crippen molar-refractivity contribution < 1.29 is 4.74 Å². The maximum atomic E-state index is 6.10. The first-order chi connectivity index (χ1) is 10.1. The average molecular weight is 305 g/mol. The summed E-state index contributed by atoms with van der Waals surface area (Å²) >= 11 is 6.10. The van der Waals surface area contributed by atoms with Gasteiger partial charge in [0.05, 0.1) is 5.02 Å². The van der Waals surface area contributed by atoms with E-state index in [0.29, 0.717) is 11.6 Å². The van der Waals surface area contributed by atoms with Gasteiger partial charge in [-0.2, -0.15) is 0 Å². The van der Waals surface area contributed by atoms with Crippen LogP contribution in [-0.4, -0.2) is 11.0 Å². The highest BCUT2D eigenvalue weighted by Crippen LogP contribution is 2.24. The first-order valence-corrected chi connectivity index (χ1v) is 7.54. The van der Waals surface area contributed by atoms with Crippen molar-refractivity contribution >= 4 is 11.6 Å². The number of halogens is 1. The molecule has 0 saturated heterocycles. The highest BCUT2D eigenvalue weighted by Gasteiger charge is 2.09. The Morgan fingerprint density at radius 1 is 1.29 bits per heavy atom. The largest absolute Gasteiger partial charge is 0.489 e. The molecular weight excluding hydrogens is 284 g/mol. The second-order valence-electron chi connectivity index (χ2n) is 5.24. The summed E-state index contributed by atoms with van der Waals surface area (Å²) in [5.41, 5.74) is 9.36. The monoisotopic (exact) mass is 304 g/mol. The summed E-state index contributed by atoms with van der Waals surface area (Å²) in [7, 11) is 0. The number of rotatable bonds is 6. The maximum Gasteiger partial charge on any atom is 0.123 e. The number of benzene rings is 1. The lowest BCUT2D eigenvalue weighted by molar-refractivity contribution is 0.302. The van der Waals surface area contributed by atoms with E-state index in [2.05, 4.69) is 24.9 Å². The molecule has 0 bridgehead atoms. The van der Waals surface area contributed by atoms with E-state index in [4.69, 9.17) is 22.1 Å². The van der Waals surface area contributed by atoms with E-state index >= 15 is 0 Å². The van der Waals surface area contributed by atoms with Gasteiger partial charge in [0, 0.05) is 24.0 Å². The second-order valence-corrected chi connectivity index (χ2v) is 5.65. The van der Waals surface area contributed by atoms with Gasteiger partial charge in [-0.05, 0) is 37.5 Å². The fourth-order valence-electron chi connectivity index (χ4n) is 2.11. The number of hydrogen-bond donors (Lipinski definition) is 1. The molecule has 0 aliphatic carbocycles. The minimum Gasteiger partial charge on any atom is -0.489 e. The second kappa shape index (κ2) is 7.43. The fourth-order valence-corrected chi connectivity index (χ4v) is 2.29. The quantitative estimate of drug-likeness (QED) is 0.880. The molecule has 4 heteroatoms. The smallest absolute Gasteiger partial charge is 0.123 e. The number of aromatic nitrogens is 1. The third-order valence-electron chi connectivity index (χ3n) is 3.46. The predicted octanol–water partition coefficient (Wildman–Crippen LogP) is 3.90. The summed E-state index contributed by atoms with van der Waals surface area (Å²) in [5.74, 6) is 0.873. The molecule has 1 aromatic carbocycles. The number of pyridine rings is 1. The van der Waals surface area contributed by atoms with Crippen molar-refractivity contribution in [3.63, 3.8) is 0 Å². The summed E-state index contributed by atoms with van der Waals surface area (Å²) in [6.07, 6.45) is 5.11. The third-order valence-corrected chi connectivity index (χ3v) is 3.80. The Hall–Kier alpha value is -1.58. The molecule has 1 aromatic heterocycles. The van der Waals surface area contributed by atoms with Crippen LogP contribution in [0.25, 0.3) is 0 Å². The molecule has 3 nitrogen and oxygen atoms in total. The molecule has 2 N–H and O–H groups in total. The summed E-state index contributed by atoms with van der Waals surface area (Å²) < 4.78 is 5.94. The predicted molar refractivity (Wildman–Crippen MR) is 86.7 cm³/mol. The molecule has 2 aromatic rings. The first-order valence-electron chi connectivity index (χ1n) is 7.16. The molecule has 1 unspecified atom stereocenters. The Kier molecular flexibility index (Phi) is 5.59. The molecular formula is C17H21ClN2O. The van der Waals surface area contributed by atoms with Crippen molar-refractivity contribution in [2.24, 2.45) is 5.73 Å². The average Bonchev–Trinajstić information content (AvgIpc) is 2.48. The summed E-state index contributed by atoms with van der Waals surface area (Å²) in [6, 6.07) is 8.21. The lowest BCUT2D eigenvalue weighted by Crippen LogP contribution is -2.21. The van der Waals surface area contributed by atoms with E-state index < -0.39 is 0 Å². The van der Waals surface area contributed by atoms with Crippen molar-refractivity contribution in [3.05, 3.63) is 58.4 Å². The van der Waals surface area contributed by atoms with Gasteiger partial charge < -0.3 is 10.5 Å². The standard InChI is InChI=1S/C17H21ClN2O/c1-3-15(19)9-14-8-12(2)4-5-17(14)21-11-13-6-7-20-10-16(13)18/h4-8,10,15H,3,9,11,19H2,1-2H3. The van der Waals surface area contributed by atoms with Gasteiger partial charge in [0.25, 0.3) is 0 Å². The number of nitrogens with zero attached hydrogens (tertiary/aromatic N) is 1. The number of ether oxygens (including phenoxy) is 1. The van der Waals surface area contributed by atoms with E-state index in [1.807, 2.05) is 18.2 Å². The Morgan fingerprint density at radius 3 is 2.81 bits per heavy atom. The van der Waals surface area contributed by atoms with Crippen LogP contribution in [-0.2, 0) is 13.0 Å². The van der Waals surface area contributed by atoms with Crippen LogP contribution in [0.3, 0.4) is 0 Å². The van der Waals surface area contributed by atoms with E-state index in [0.717, 1.165) is 29.7 Å². The first kappa shape index (κ1) is 15.8. The topological polar surface area (TPSA) is 48.1 Å². The van der Waals surface area contributed by atoms with Crippen LogP contribution >= 0.6 is 11.6 Å². The highest BCUT2D eigenvalue weighted by molar-refractivity contribution is 6.31. The fraction of sp³-hybridized carbons (Fsp3) is 0.353. The molecule has 0 aliphatic rings. The van der Waals surface area contributed by atoms with Crippen LogP contribution in [0.15, 0.2) is 36.7 Å². The SMILES string of the molecule is CCC(N)Cc1cc(C)ccc1OCc1ccncc1Cl. The molecule has 0 spiro atoms. The zero-order chi connectivity index (χ0) is 15.2. The Balaban J connectivity index is 2.14. The molecule has 0 amide bonds. The van der Waals surface area contributed by atoms with E-state index in [1.165, 1.54) is 5.56 Å². The minimum absolute atomic E-state index is 0.152. The maximum absolute atomic E-state index is 6.10. The third kappa shape index (κ3) is 4.45. The molecule has 1 heterocycles. The van der Waals surface area contributed by atoms with Gasteiger partial charge in [-0.3, -0.25) is 4.98 Å². The van der Waals surface area contributed by atoms with Gasteiger partial charge in [-0.25, -0.2) is 0 Å². The van der Waals surface area contributed by atoms with Crippen LogP contribution in [0, 0.1) is 6.92 Å². The molecule has 0 radical (unpaired) electrons. The highest BCUT2D eigenvalue weighted by atomic mass is 35.5. The molecule has 0 aliphatic heterocycles. The van der Waals surface area contributed by atoms with Gasteiger partial charge in [-0.15, -0.1) is 0 Å². The molecule has 21 heavy (non-hydrogen) atoms. The van der Waals surface area contributed by atoms with Crippen LogP contribution in [0.2, 0.25) is 5.02 Å². The van der Waals surface area contributed by atoms with Crippen molar-refractivity contribution in [2.45, 2.75) is 39.3 Å². The van der Waals surface area contributed by atoms with Crippen LogP contribution < -0.4 is 10.5 Å². The Morgan fingerprint density at radius 2 is 2.10 bits per heavy atom. The molecule has 2 rings (SSSR count). The van der Waals surface area contributed by atoms with Gasteiger partial charge >= 0.3 is 0 Å². The Labute approximate surface area is 131 Å². The zero-order valence-corrected chi connectivity index (χ0v) is 13.2. The zero-order valence-electron chi connectivity index (χ0n) is 12.5. The lowest BCUT2D eigenvalue weighted by Gasteiger charge is -2.15. The van der Waals surface area contributed by atoms with Crippen molar-refractivity contribution in [3.8, 4) is 5.75 Å². The summed E-state index contributed by atoms with van der Waals surface area (Å²) in [4.78, 5) is 3.98. The van der Waals surface area contributed by atoms with Gasteiger partial charge in [-0.1, -0.05) is 36.2 Å². The van der Waals surface area contributed by atoms with Gasteiger partial charge in [0.15, 0.2) is 0 Å². The van der Waals surface area contributed by atoms with Crippen LogP contribution in [0.1, 0.15) is 30.0 Å². The normalized spacial score (nSPS) is 12.2. The van der Waals surface area contributed by atoms with Crippen LogP contribution in [0.5, 0.6) is 5.75 Å². The van der Waals surface area contributed by atoms with E-state index in [9.17, 15) is 0 Å². The van der Waals surface area contributed by atoms with Crippen LogP contribution in [0.4, 0.5) is 0 Å². The molecule has 112 valence electrons. The summed E-state index contributed by atoms with van der Waals surface area (Å²) in [5, 5.41) is 0.622. The lowest BCUT2D eigenvalue weighted by atomic mass is 10.0. The van der Waals surface area contributed by atoms with E-state index in [1.54, 1.807) is 12.4 Å². The molecule has 1 atom stereocenters. The van der Waals surface area contributed by atoms with Gasteiger partial charge in [0.2, 0.25) is 0 Å². The van der Waals surface area contributed by atoms with Crippen molar-refractivity contribution in [1.29, 1.82) is 0 Å². The molecule has 0 saturated carbocycles. The number of nitrogens with two attached hydrogens (primary N) is 1. The summed E-state index contributed by atoms with van der Waals surface area (Å²) in [6.45, 7) is 4.60. The molecule has 0 fully saturated rings. The number of hydrogen-bond acceptors (Lipinski definition) is 3. The minimum atomic E-state index is 0.152. The van der Waals surface area contributed by atoms with Gasteiger partial charge in [0.1, 0.15) is 12.4 Å². The number of aryl methyl sites for hydroxylation is 1. The van der Waals surface area contributed by atoms with Crippen molar-refractivity contribution in [2.75, 3.05) is 0 Å². The van der Waals surface area contributed by atoms with Crippen molar-refractivity contribution in [1.82, 2.24) is 4.98 Å². The Bertz CT molecular complexity index is 601.